The summed E-state index contributed by atoms with van der Waals surface area (Å²) in [6.07, 6.45) is 3.85. The van der Waals surface area contributed by atoms with Crippen LogP contribution in [0.1, 0.15) is 36.7 Å². The van der Waals surface area contributed by atoms with E-state index in [-0.39, 0.29) is 16.1 Å². The molecular weight excluding hydrogens is 381 g/mol. The van der Waals surface area contributed by atoms with Gasteiger partial charge in [0.1, 0.15) is 17.2 Å². The maximum Gasteiger partial charge on any atom is 0.271 e. The minimum Gasteiger partial charge on any atom is -0.461 e. The third-order valence-electron chi connectivity index (χ3n) is 5.11. The minimum absolute atomic E-state index is 0.0987. The van der Waals surface area contributed by atoms with Crippen LogP contribution in [0.3, 0.4) is 0 Å². The Balaban J connectivity index is 1.87. The van der Waals surface area contributed by atoms with E-state index in [0.29, 0.717) is 5.58 Å². The number of carbonyl (C=O) groups is 1. The first-order valence-electron chi connectivity index (χ1n) is 9.15. The smallest absolute Gasteiger partial charge is 0.271 e. The van der Waals surface area contributed by atoms with Crippen molar-refractivity contribution in [2.45, 2.75) is 44.4 Å². The molecular formula is C21H20FNO4S. The van der Waals surface area contributed by atoms with E-state index in [0.717, 1.165) is 58.8 Å². The Bertz CT molecular complexity index is 1200. The van der Waals surface area contributed by atoms with Gasteiger partial charge in [0.2, 0.25) is 5.91 Å². The van der Waals surface area contributed by atoms with Gasteiger partial charge in [0, 0.05) is 24.3 Å². The summed E-state index contributed by atoms with van der Waals surface area (Å²) in [5.41, 5.74) is 2.27. The van der Waals surface area contributed by atoms with Gasteiger partial charge in [-0.3, -0.25) is 4.79 Å². The number of aryl methyl sites for hydroxylation is 3. The summed E-state index contributed by atoms with van der Waals surface area (Å²) >= 11 is 0. The number of rotatable bonds is 3. The van der Waals surface area contributed by atoms with E-state index in [4.69, 9.17) is 4.42 Å². The Morgan fingerprint density at radius 3 is 2.57 bits per heavy atom. The standard InChI is InChI=1S/C21H20FNO4S/c1-13-11-15(22)7-10-21(13)28(25,26)23(14(2)24)16-8-9-20-18(12-16)17-5-3-4-6-19(17)27-20/h7-12H,3-6H2,1-2H3. The molecule has 0 fully saturated rings. The molecule has 0 bridgehead atoms. The van der Waals surface area contributed by atoms with Gasteiger partial charge in [-0.05, 0) is 68.1 Å². The van der Waals surface area contributed by atoms with Crippen molar-refractivity contribution in [3.05, 3.63) is 59.1 Å². The van der Waals surface area contributed by atoms with Crippen LogP contribution in [-0.2, 0) is 27.7 Å². The molecule has 0 saturated heterocycles. The van der Waals surface area contributed by atoms with Gasteiger partial charge in [0.15, 0.2) is 0 Å². The Labute approximate surface area is 162 Å². The Morgan fingerprint density at radius 2 is 1.86 bits per heavy atom. The van der Waals surface area contributed by atoms with E-state index < -0.39 is 21.7 Å². The Hall–Kier alpha value is -2.67. The molecule has 0 aliphatic heterocycles. The minimum atomic E-state index is -4.19. The van der Waals surface area contributed by atoms with Crippen LogP contribution >= 0.6 is 0 Å². The number of nitrogens with zero attached hydrogens (tertiary/aromatic N) is 1. The predicted molar refractivity (Wildman–Crippen MR) is 104 cm³/mol. The van der Waals surface area contributed by atoms with Gasteiger partial charge < -0.3 is 4.42 Å². The molecule has 1 heterocycles. The third kappa shape index (κ3) is 2.99. The molecule has 0 spiro atoms. The molecule has 7 heteroatoms. The maximum absolute atomic E-state index is 13.4. The van der Waals surface area contributed by atoms with Crippen molar-refractivity contribution in [2.24, 2.45) is 0 Å². The lowest BCUT2D eigenvalue weighted by molar-refractivity contribution is -0.115. The maximum atomic E-state index is 13.4. The molecule has 146 valence electrons. The van der Waals surface area contributed by atoms with Crippen LogP contribution in [-0.4, -0.2) is 14.3 Å². The van der Waals surface area contributed by atoms with E-state index in [1.165, 1.54) is 19.9 Å². The SMILES string of the molecule is CC(=O)N(c1ccc2oc3c(c2c1)CCCC3)S(=O)(=O)c1ccc(F)cc1C. The third-order valence-corrected chi connectivity index (χ3v) is 7.08. The number of sulfonamides is 1. The molecule has 1 aromatic heterocycles. The second-order valence-electron chi connectivity index (χ2n) is 7.09. The number of hydrogen-bond donors (Lipinski definition) is 0. The van der Waals surface area contributed by atoms with Crippen molar-refractivity contribution < 1.29 is 22.0 Å². The van der Waals surface area contributed by atoms with Crippen molar-refractivity contribution in [3.63, 3.8) is 0 Å². The lowest BCUT2D eigenvalue weighted by Gasteiger charge is -2.22. The van der Waals surface area contributed by atoms with Gasteiger partial charge in [0.25, 0.3) is 10.0 Å². The summed E-state index contributed by atoms with van der Waals surface area (Å²) in [5.74, 6) is -0.234. The number of hydrogen-bond acceptors (Lipinski definition) is 4. The fourth-order valence-corrected chi connectivity index (χ4v) is 5.50. The van der Waals surface area contributed by atoms with Crippen molar-refractivity contribution in [1.82, 2.24) is 0 Å². The van der Waals surface area contributed by atoms with Gasteiger partial charge in [-0.25, -0.2) is 17.1 Å². The zero-order valence-electron chi connectivity index (χ0n) is 15.7. The lowest BCUT2D eigenvalue weighted by Crippen LogP contribution is -2.35. The molecule has 5 nitrogen and oxygen atoms in total. The second kappa shape index (κ2) is 6.74. The van der Waals surface area contributed by atoms with Crippen LogP contribution in [0.2, 0.25) is 0 Å². The number of benzene rings is 2. The molecule has 4 rings (SSSR count). The number of anilines is 1. The molecule has 0 atom stereocenters. The average Bonchev–Trinajstić information content (AvgIpc) is 2.99. The van der Waals surface area contributed by atoms with Gasteiger partial charge in [-0.2, -0.15) is 0 Å². The van der Waals surface area contributed by atoms with Gasteiger partial charge >= 0.3 is 0 Å². The highest BCUT2D eigenvalue weighted by molar-refractivity contribution is 7.93. The molecule has 0 N–H and O–H groups in total. The summed E-state index contributed by atoms with van der Waals surface area (Å²) in [4.78, 5) is 12.3. The van der Waals surface area contributed by atoms with Crippen LogP contribution < -0.4 is 4.31 Å². The summed E-state index contributed by atoms with van der Waals surface area (Å²) in [6.45, 7) is 2.70. The first-order chi connectivity index (χ1) is 13.3. The number of carbonyl (C=O) groups excluding carboxylic acids is 1. The van der Waals surface area contributed by atoms with Crippen molar-refractivity contribution >= 4 is 32.6 Å². The fraction of sp³-hybridized carbons (Fsp3) is 0.286. The van der Waals surface area contributed by atoms with Crippen molar-refractivity contribution in [1.29, 1.82) is 0 Å². The quantitative estimate of drug-likeness (QED) is 0.648. The van der Waals surface area contributed by atoms with Crippen molar-refractivity contribution in [2.75, 3.05) is 4.31 Å². The highest BCUT2D eigenvalue weighted by Gasteiger charge is 2.31. The fourth-order valence-electron chi connectivity index (χ4n) is 3.87. The largest absolute Gasteiger partial charge is 0.461 e. The van der Waals surface area contributed by atoms with E-state index in [1.807, 2.05) is 0 Å². The predicted octanol–water partition coefficient (Wildman–Crippen LogP) is 4.50. The van der Waals surface area contributed by atoms with Gasteiger partial charge in [0.05, 0.1) is 10.6 Å². The topological polar surface area (TPSA) is 67.6 Å². The van der Waals surface area contributed by atoms with Crippen LogP contribution in [0, 0.1) is 12.7 Å². The second-order valence-corrected chi connectivity index (χ2v) is 8.84. The Morgan fingerprint density at radius 1 is 1.11 bits per heavy atom. The first kappa shape index (κ1) is 18.7. The highest BCUT2D eigenvalue weighted by Crippen LogP contribution is 2.35. The number of amides is 1. The van der Waals surface area contributed by atoms with Crippen LogP contribution in [0.5, 0.6) is 0 Å². The lowest BCUT2D eigenvalue weighted by atomic mass is 9.96. The van der Waals surface area contributed by atoms with E-state index in [2.05, 4.69) is 0 Å². The van der Waals surface area contributed by atoms with E-state index in [9.17, 15) is 17.6 Å². The zero-order chi connectivity index (χ0) is 20.1. The van der Waals surface area contributed by atoms with E-state index >= 15 is 0 Å². The van der Waals surface area contributed by atoms with Crippen molar-refractivity contribution in [3.8, 4) is 0 Å². The normalized spacial score (nSPS) is 14.1. The van der Waals surface area contributed by atoms with Crippen LogP contribution in [0.25, 0.3) is 11.0 Å². The zero-order valence-corrected chi connectivity index (χ0v) is 16.5. The number of furan rings is 1. The molecule has 1 aliphatic carbocycles. The molecule has 1 aliphatic rings. The molecule has 28 heavy (non-hydrogen) atoms. The van der Waals surface area contributed by atoms with E-state index in [1.54, 1.807) is 18.2 Å². The number of halogens is 1. The van der Waals surface area contributed by atoms with Gasteiger partial charge in [-0.15, -0.1) is 0 Å². The molecule has 1 amide bonds. The monoisotopic (exact) mass is 401 g/mol. The van der Waals surface area contributed by atoms with Crippen LogP contribution in [0.15, 0.2) is 45.7 Å². The highest BCUT2D eigenvalue weighted by atomic mass is 32.2. The first-order valence-corrected chi connectivity index (χ1v) is 10.6. The van der Waals surface area contributed by atoms with Crippen LogP contribution in [0.4, 0.5) is 10.1 Å². The molecule has 0 unspecified atom stereocenters. The molecule has 2 aromatic carbocycles. The summed E-state index contributed by atoms with van der Waals surface area (Å²) in [5, 5.41) is 0.837. The average molecular weight is 401 g/mol. The number of fused-ring (bicyclic) bond motifs is 3. The Kier molecular flexibility index (Phi) is 4.50. The molecule has 3 aromatic rings. The van der Waals surface area contributed by atoms with Gasteiger partial charge in [-0.1, -0.05) is 0 Å². The summed E-state index contributed by atoms with van der Waals surface area (Å²) in [6, 6.07) is 8.37. The summed E-state index contributed by atoms with van der Waals surface area (Å²) in [7, 11) is -4.19. The molecule has 0 radical (unpaired) electrons. The summed E-state index contributed by atoms with van der Waals surface area (Å²) < 4.78 is 46.6. The molecule has 0 saturated carbocycles.